The van der Waals surface area contributed by atoms with E-state index in [2.05, 4.69) is 19.6 Å². The molecule has 0 bridgehead atoms. The Kier molecular flexibility index (Phi) is 5.92. The van der Waals surface area contributed by atoms with Gasteiger partial charge >= 0.3 is 5.76 Å². The van der Waals surface area contributed by atoms with Crippen molar-refractivity contribution < 1.29 is 18.8 Å². The Balaban J connectivity index is 1.60. The molecule has 2 aromatic heterocycles. The molecule has 0 saturated heterocycles. The van der Waals surface area contributed by atoms with E-state index in [1.54, 1.807) is 6.07 Å². The number of nitrogens with one attached hydrogen (secondary N) is 1. The third-order valence-corrected chi connectivity index (χ3v) is 5.14. The van der Waals surface area contributed by atoms with Gasteiger partial charge < -0.3 is 9.84 Å². The van der Waals surface area contributed by atoms with Crippen molar-refractivity contribution in [2.75, 3.05) is 0 Å². The number of halogens is 3. The summed E-state index contributed by atoms with van der Waals surface area (Å²) in [6.07, 6.45) is 0.131. The minimum absolute atomic E-state index is 0.0213. The monoisotopic (exact) mass is 461 g/mol. The van der Waals surface area contributed by atoms with Gasteiger partial charge in [-0.2, -0.15) is 0 Å². The highest BCUT2D eigenvalue weighted by Crippen LogP contribution is 2.36. The van der Waals surface area contributed by atoms with Crippen LogP contribution in [0.1, 0.15) is 17.1 Å². The van der Waals surface area contributed by atoms with E-state index in [1.807, 2.05) is 30.3 Å². The first-order chi connectivity index (χ1) is 14.9. The average Bonchev–Trinajstić information content (AvgIpc) is 3.19. The van der Waals surface area contributed by atoms with Crippen LogP contribution < -0.4 is 10.5 Å². The van der Waals surface area contributed by atoms with Gasteiger partial charge in [0.15, 0.2) is 17.4 Å². The van der Waals surface area contributed by atoms with E-state index in [-0.39, 0.29) is 40.4 Å². The van der Waals surface area contributed by atoms with E-state index >= 15 is 0 Å². The van der Waals surface area contributed by atoms with Crippen molar-refractivity contribution in [3.8, 4) is 22.8 Å². The van der Waals surface area contributed by atoms with Crippen LogP contribution in [0.15, 0.2) is 57.8 Å². The zero-order chi connectivity index (χ0) is 22.0. The number of ether oxygens (including phenoxy) is 1. The van der Waals surface area contributed by atoms with Crippen LogP contribution in [-0.4, -0.2) is 20.2 Å². The molecule has 2 heterocycles. The molecule has 0 fully saturated rings. The lowest BCUT2D eigenvalue weighted by molar-refractivity contribution is 0.272. The van der Waals surface area contributed by atoms with Crippen molar-refractivity contribution in [3.05, 3.63) is 92.0 Å². The standard InChI is InChI=1S/C21H14Cl2FN3O4/c22-14-9-16(30-10-17-26-21(29)31-27-17)19(24)18(23)13(14)8-12-6-7-15(28)20(25-12)11-4-2-1-3-5-11/h1-7,9,28H,8,10H2,(H,26,27,29). The third kappa shape index (κ3) is 4.55. The van der Waals surface area contributed by atoms with Crippen molar-refractivity contribution in [1.29, 1.82) is 0 Å². The van der Waals surface area contributed by atoms with Gasteiger partial charge in [0.1, 0.15) is 18.1 Å². The average molecular weight is 462 g/mol. The van der Waals surface area contributed by atoms with Crippen LogP contribution in [0.3, 0.4) is 0 Å². The number of aromatic amines is 1. The summed E-state index contributed by atoms with van der Waals surface area (Å²) in [6.45, 7) is -0.241. The Morgan fingerprint density at radius 1 is 1.16 bits per heavy atom. The second kappa shape index (κ2) is 8.79. The number of hydrogen-bond donors (Lipinski definition) is 2. The number of rotatable bonds is 6. The quantitative estimate of drug-likeness (QED) is 0.402. The molecule has 7 nitrogen and oxygen atoms in total. The van der Waals surface area contributed by atoms with E-state index in [9.17, 15) is 14.3 Å². The molecule has 10 heteroatoms. The maximum atomic E-state index is 14.8. The molecule has 0 amide bonds. The number of benzene rings is 2. The van der Waals surface area contributed by atoms with Crippen molar-refractivity contribution in [3.63, 3.8) is 0 Å². The fourth-order valence-corrected chi connectivity index (χ4v) is 3.50. The second-order valence-corrected chi connectivity index (χ2v) is 7.29. The molecule has 2 aromatic carbocycles. The molecule has 0 radical (unpaired) electrons. The van der Waals surface area contributed by atoms with E-state index in [4.69, 9.17) is 27.9 Å². The molecule has 4 aromatic rings. The molecule has 0 aliphatic carbocycles. The molecule has 0 unspecified atom stereocenters. The number of hydrogen-bond acceptors (Lipinski definition) is 6. The van der Waals surface area contributed by atoms with Gasteiger partial charge in [-0.3, -0.25) is 9.51 Å². The lowest BCUT2D eigenvalue weighted by Crippen LogP contribution is -2.04. The third-order valence-electron chi connectivity index (χ3n) is 4.41. The topological polar surface area (TPSA) is 101 Å². The fraction of sp³-hybridized carbons (Fsp3) is 0.0952. The Morgan fingerprint density at radius 2 is 1.94 bits per heavy atom. The summed E-state index contributed by atoms with van der Waals surface area (Å²) in [5.41, 5.74) is 1.99. The van der Waals surface area contributed by atoms with Crippen molar-refractivity contribution in [2.24, 2.45) is 0 Å². The maximum absolute atomic E-state index is 14.8. The van der Waals surface area contributed by atoms with Crippen LogP contribution in [0, 0.1) is 5.82 Å². The molecule has 0 aliphatic rings. The van der Waals surface area contributed by atoms with Gasteiger partial charge in [-0.25, -0.2) is 14.2 Å². The van der Waals surface area contributed by atoms with E-state index in [0.717, 1.165) is 5.56 Å². The summed E-state index contributed by atoms with van der Waals surface area (Å²) in [4.78, 5) is 17.7. The van der Waals surface area contributed by atoms with Crippen molar-refractivity contribution in [2.45, 2.75) is 13.0 Å². The van der Waals surface area contributed by atoms with Crippen LogP contribution in [0.4, 0.5) is 4.39 Å². The van der Waals surface area contributed by atoms with Crippen LogP contribution in [0.2, 0.25) is 10.0 Å². The molecule has 158 valence electrons. The summed E-state index contributed by atoms with van der Waals surface area (Å²) in [7, 11) is 0. The van der Waals surface area contributed by atoms with Gasteiger partial charge in [-0.1, -0.05) is 58.7 Å². The molecule has 2 N–H and O–H groups in total. The first-order valence-electron chi connectivity index (χ1n) is 9.00. The second-order valence-electron chi connectivity index (χ2n) is 6.51. The predicted octanol–water partition coefficient (Wildman–Crippen LogP) is 4.75. The lowest BCUT2D eigenvalue weighted by atomic mass is 10.1. The fourth-order valence-electron chi connectivity index (χ4n) is 2.93. The number of H-pyrrole nitrogens is 1. The summed E-state index contributed by atoms with van der Waals surface area (Å²) >= 11 is 12.5. The van der Waals surface area contributed by atoms with Gasteiger partial charge in [0.2, 0.25) is 0 Å². The molecule has 0 atom stereocenters. The molecule has 4 rings (SSSR count). The van der Waals surface area contributed by atoms with Crippen LogP contribution in [0.5, 0.6) is 11.5 Å². The molecular weight excluding hydrogens is 448 g/mol. The highest BCUT2D eigenvalue weighted by atomic mass is 35.5. The zero-order valence-electron chi connectivity index (χ0n) is 15.7. The van der Waals surface area contributed by atoms with Crippen LogP contribution in [0.25, 0.3) is 11.3 Å². The Labute approximate surface area is 185 Å². The molecule has 0 aliphatic heterocycles. The normalized spacial score (nSPS) is 10.9. The maximum Gasteiger partial charge on any atom is 0.439 e. The SMILES string of the molecule is O=c1[nH]c(COc2cc(Cl)c(Cc3ccc(O)c(-c4ccccc4)n3)c(Cl)c2F)no1. The van der Waals surface area contributed by atoms with E-state index in [1.165, 1.54) is 12.1 Å². The van der Waals surface area contributed by atoms with Gasteiger partial charge in [0.25, 0.3) is 0 Å². The van der Waals surface area contributed by atoms with Crippen molar-refractivity contribution >= 4 is 23.2 Å². The van der Waals surface area contributed by atoms with Gasteiger partial charge in [-0.05, 0) is 17.7 Å². The minimum Gasteiger partial charge on any atom is -0.506 e. The van der Waals surface area contributed by atoms with E-state index < -0.39 is 11.6 Å². The van der Waals surface area contributed by atoms with Gasteiger partial charge in [0, 0.05) is 28.8 Å². The summed E-state index contributed by atoms with van der Waals surface area (Å²) < 4.78 is 24.4. The Hall–Kier alpha value is -3.36. The van der Waals surface area contributed by atoms with E-state index in [0.29, 0.717) is 17.0 Å². The smallest absolute Gasteiger partial charge is 0.439 e. The minimum atomic E-state index is -0.811. The summed E-state index contributed by atoms with van der Waals surface area (Å²) in [6, 6.07) is 13.6. The Bertz CT molecular complexity index is 1290. The number of aromatic nitrogens is 3. The van der Waals surface area contributed by atoms with Gasteiger partial charge in [-0.15, -0.1) is 0 Å². The summed E-state index contributed by atoms with van der Waals surface area (Å²) in [5.74, 6) is -1.66. The van der Waals surface area contributed by atoms with Crippen LogP contribution in [-0.2, 0) is 13.0 Å². The van der Waals surface area contributed by atoms with Crippen LogP contribution >= 0.6 is 23.2 Å². The lowest BCUT2D eigenvalue weighted by Gasteiger charge is -2.13. The zero-order valence-corrected chi connectivity index (χ0v) is 17.2. The number of aromatic hydroxyl groups is 1. The highest BCUT2D eigenvalue weighted by Gasteiger charge is 2.19. The Morgan fingerprint density at radius 3 is 2.65 bits per heavy atom. The molecule has 0 saturated carbocycles. The predicted molar refractivity (Wildman–Crippen MR) is 112 cm³/mol. The molecule has 0 spiro atoms. The van der Waals surface area contributed by atoms with Gasteiger partial charge in [0.05, 0.1) is 5.02 Å². The highest BCUT2D eigenvalue weighted by molar-refractivity contribution is 6.36. The number of pyridine rings is 1. The molecular formula is C21H14Cl2FN3O4. The largest absolute Gasteiger partial charge is 0.506 e. The van der Waals surface area contributed by atoms with Crippen molar-refractivity contribution in [1.82, 2.24) is 15.1 Å². The summed E-state index contributed by atoms with van der Waals surface area (Å²) in [5, 5.41) is 13.6. The molecule has 31 heavy (non-hydrogen) atoms. The first kappa shape index (κ1) is 20.9. The number of nitrogens with zero attached hydrogens (tertiary/aromatic N) is 2. The first-order valence-corrected chi connectivity index (χ1v) is 9.76.